The minimum atomic E-state index is -0.890. The van der Waals surface area contributed by atoms with Gasteiger partial charge in [0, 0.05) is 51.0 Å². The Kier molecular flexibility index (Phi) is 6.99. The lowest BCUT2D eigenvalue weighted by Crippen LogP contribution is -2.50. The molecule has 0 radical (unpaired) electrons. The van der Waals surface area contributed by atoms with Crippen LogP contribution >= 0.6 is 0 Å². The fourth-order valence-corrected chi connectivity index (χ4v) is 4.22. The summed E-state index contributed by atoms with van der Waals surface area (Å²) in [6, 6.07) is 12.3. The maximum Gasteiger partial charge on any atom is 0.256 e. The molecule has 0 bridgehead atoms. The second-order valence-electron chi connectivity index (χ2n) is 8.09. The van der Waals surface area contributed by atoms with Gasteiger partial charge in [-0.2, -0.15) is 0 Å². The highest BCUT2D eigenvalue weighted by Crippen LogP contribution is 2.28. The van der Waals surface area contributed by atoms with Crippen LogP contribution in [0, 0.1) is 17.6 Å². The lowest BCUT2D eigenvalue weighted by Gasteiger charge is -2.39. The fraction of sp³-hybridized carbons (Fsp3) is 0.417. The Morgan fingerprint density at radius 3 is 2.47 bits per heavy atom. The second-order valence-corrected chi connectivity index (χ2v) is 8.09. The average molecular weight is 444 g/mol. The number of amides is 2. The highest BCUT2D eigenvalue weighted by molar-refractivity contribution is 5.94. The van der Waals surface area contributed by atoms with Gasteiger partial charge in [0.15, 0.2) is 0 Å². The number of nitrogens with zero attached hydrogens (tertiary/aromatic N) is 2. The maximum absolute atomic E-state index is 14.2. The lowest BCUT2D eigenvalue weighted by molar-refractivity contribution is -0.137. The molecule has 2 heterocycles. The smallest absolute Gasteiger partial charge is 0.256 e. The quantitative estimate of drug-likeness (QED) is 0.711. The number of hydrogen-bond acceptors (Lipinski definition) is 4. The van der Waals surface area contributed by atoms with Crippen molar-refractivity contribution in [2.45, 2.75) is 18.9 Å². The fourth-order valence-electron chi connectivity index (χ4n) is 4.22. The van der Waals surface area contributed by atoms with Crippen LogP contribution in [0.2, 0.25) is 0 Å². The van der Waals surface area contributed by atoms with Gasteiger partial charge in [-0.1, -0.05) is 18.2 Å². The van der Waals surface area contributed by atoms with Crippen LogP contribution in [0.4, 0.5) is 8.78 Å². The summed E-state index contributed by atoms with van der Waals surface area (Å²) in [5.74, 6) is -1.70. The second kappa shape index (κ2) is 10.1. The van der Waals surface area contributed by atoms with Crippen LogP contribution in [0.5, 0.6) is 5.75 Å². The van der Waals surface area contributed by atoms with Crippen LogP contribution in [-0.4, -0.2) is 67.1 Å². The van der Waals surface area contributed by atoms with Gasteiger partial charge in [-0.15, -0.1) is 0 Å². The summed E-state index contributed by atoms with van der Waals surface area (Å²) in [4.78, 5) is 29.1. The van der Waals surface area contributed by atoms with Crippen LogP contribution in [0.15, 0.2) is 48.5 Å². The molecule has 8 heteroatoms. The minimum absolute atomic E-state index is 0.0118. The Labute approximate surface area is 185 Å². The maximum atomic E-state index is 14.2. The molecule has 0 spiro atoms. The van der Waals surface area contributed by atoms with Gasteiger partial charge >= 0.3 is 0 Å². The van der Waals surface area contributed by atoms with Crippen molar-refractivity contribution < 1.29 is 27.8 Å². The molecular weight excluding hydrogens is 418 g/mol. The highest BCUT2D eigenvalue weighted by Gasteiger charge is 2.36. The van der Waals surface area contributed by atoms with Crippen LogP contribution in [0.3, 0.4) is 0 Å². The Bertz CT molecular complexity index is 950. The van der Waals surface area contributed by atoms with Crippen molar-refractivity contribution in [1.29, 1.82) is 0 Å². The third-order valence-corrected chi connectivity index (χ3v) is 5.94. The van der Waals surface area contributed by atoms with Gasteiger partial charge in [-0.3, -0.25) is 9.59 Å². The first kappa shape index (κ1) is 22.2. The van der Waals surface area contributed by atoms with Crippen LogP contribution in [-0.2, 0) is 9.53 Å². The molecular formula is C24H26F2N2O4. The van der Waals surface area contributed by atoms with Gasteiger partial charge in [-0.25, -0.2) is 8.78 Å². The van der Waals surface area contributed by atoms with Gasteiger partial charge in [0.25, 0.3) is 5.91 Å². The van der Waals surface area contributed by atoms with E-state index in [0.717, 1.165) is 12.1 Å². The van der Waals surface area contributed by atoms with Crippen molar-refractivity contribution in [3.63, 3.8) is 0 Å². The summed E-state index contributed by atoms with van der Waals surface area (Å²) >= 11 is 0. The van der Waals surface area contributed by atoms with E-state index in [2.05, 4.69) is 0 Å². The molecule has 32 heavy (non-hydrogen) atoms. The lowest BCUT2D eigenvalue weighted by atomic mass is 9.90. The van der Waals surface area contributed by atoms with Crippen LogP contribution in [0.25, 0.3) is 0 Å². The molecule has 0 aromatic heterocycles. The van der Waals surface area contributed by atoms with Crippen molar-refractivity contribution in [1.82, 2.24) is 9.80 Å². The molecule has 0 N–H and O–H groups in total. The summed E-state index contributed by atoms with van der Waals surface area (Å²) < 4.78 is 38.9. The molecule has 4 rings (SSSR count). The number of carbonyl (C=O) groups is 2. The Hall–Kier alpha value is -3.00. The number of piperidine rings is 1. The van der Waals surface area contributed by atoms with E-state index in [0.29, 0.717) is 51.1 Å². The largest absolute Gasteiger partial charge is 0.490 e. The molecule has 2 saturated heterocycles. The Morgan fingerprint density at radius 2 is 1.75 bits per heavy atom. The molecule has 2 aliphatic heterocycles. The molecule has 0 unspecified atom stereocenters. The third-order valence-electron chi connectivity index (χ3n) is 5.94. The summed E-state index contributed by atoms with van der Waals surface area (Å²) in [6.07, 6.45) is 0.460. The first-order valence-corrected chi connectivity index (χ1v) is 10.8. The standard InChI is InChI=1S/C24H26F2N2O4/c25-18-6-7-20(21(26)15-18)24(30)28-9-8-22(32-19-4-2-1-3-5-19)17(16-28)14-23(29)27-10-12-31-13-11-27/h1-7,15,17,22H,8-14,16H2/t17-,22-/m0/s1. The number of rotatable bonds is 5. The summed E-state index contributed by atoms with van der Waals surface area (Å²) in [5, 5.41) is 0. The van der Waals surface area contributed by atoms with Gasteiger partial charge in [-0.05, 0) is 24.3 Å². The number of halogens is 2. The number of carbonyl (C=O) groups excluding carboxylic acids is 2. The van der Waals surface area contributed by atoms with Crippen molar-refractivity contribution >= 4 is 11.8 Å². The first-order valence-electron chi connectivity index (χ1n) is 10.8. The molecule has 0 aliphatic carbocycles. The van der Waals surface area contributed by atoms with Gasteiger partial charge in [0.1, 0.15) is 23.5 Å². The van der Waals surface area contributed by atoms with E-state index in [-0.39, 0.29) is 36.5 Å². The normalized spacial score (nSPS) is 21.3. The average Bonchev–Trinajstić information content (AvgIpc) is 2.81. The zero-order valence-corrected chi connectivity index (χ0v) is 17.7. The van der Waals surface area contributed by atoms with Gasteiger partial charge in [0.2, 0.25) is 5.91 Å². The van der Waals surface area contributed by atoms with E-state index in [1.807, 2.05) is 30.3 Å². The predicted molar refractivity (Wildman–Crippen MR) is 113 cm³/mol. The van der Waals surface area contributed by atoms with E-state index in [1.165, 1.54) is 4.90 Å². The van der Waals surface area contributed by atoms with Crippen molar-refractivity contribution in [2.75, 3.05) is 39.4 Å². The first-order chi connectivity index (χ1) is 15.5. The Morgan fingerprint density at radius 1 is 1.00 bits per heavy atom. The number of ether oxygens (including phenoxy) is 2. The number of hydrogen-bond donors (Lipinski definition) is 0. The molecule has 170 valence electrons. The third kappa shape index (κ3) is 5.24. The van der Waals surface area contributed by atoms with Crippen LogP contribution < -0.4 is 4.74 Å². The number of benzene rings is 2. The van der Waals surface area contributed by atoms with Gasteiger partial charge < -0.3 is 19.3 Å². The number of morpholine rings is 1. The minimum Gasteiger partial charge on any atom is -0.490 e. The highest BCUT2D eigenvalue weighted by atomic mass is 19.1. The van der Waals surface area contributed by atoms with Gasteiger partial charge in [0.05, 0.1) is 18.8 Å². The van der Waals surface area contributed by atoms with Crippen molar-refractivity contribution in [3.8, 4) is 5.75 Å². The molecule has 2 amide bonds. The van der Waals surface area contributed by atoms with Crippen molar-refractivity contribution in [3.05, 3.63) is 65.7 Å². The molecule has 2 aromatic carbocycles. The SMILES string of the molecule is O=C(C[C@H]1CN(C(=O)c2ccc(F)cc2F)CC[C@@H]1Oc1ccccc1)N1CCOCC1. The predicted octanol–water partition coefficient (Wildman–Crippen LogP) is 3.12. The molecule has 2 fully saturated rings. The molecule has 2 aliphatic rings. The molecule has 2 aromatic rings. The van der Waals surface area contributed by atoms with Crippen LogP contribution in [0.1, 0.15) is 23.2 Å². The number of para-hydroxylation sites is 1. The number of likely N-dealkylation sites (tertiary alicyclic amines) is 1. The summed E-state index contributed by atoms with van der Waals surface area (Å²) in [6.45, 7) is 2.71. The van der Waals surface area contributed by atoms with E-state index in [9.17, 15) is 18.4 Å². The van der Waals surface area contributed by atoms with Crippen molar-refractivity contribution in [2.24, 2.45) is 5.92 Å². The van der Waals surface area contributed by atoms with E-state index in [4.69, 9.17) is 9.47 Å². The van der Waals surface area contributed by atoms with E-state index < -0.39 is 17.5 Å². The molecule has 6 nitrogen and oxygen atoms in total. The summed E-state index contributed by atoms with van der Waals surface area (Å²) in [5.41, 5.74) is -0.174. The molecule has 0 saturated carbocycles. The Balaban J connectivity index is 1.50. The van der Waals surface area contributed by atoms with E-state index in [1.54, 1.807) is 4.90 Å². The zero-order valence-electron chi connectivity index (χ0n) is 17.7. The monoisotopic (exact) mass is 444 g/mol. The molecule has 2 atom stereocenters. The van der Waals surface area contributed by atoms with E-state index >= 15 is 0 Å². The summed E-state index contributed by atoms with van der Waals surface area (Å²) in [7, 11) is 0. The topological polar surface area (TPSA) is 59.1 Å². The zero-order chi connectivity index (χ0) is 22.5.